The van der Waals surface area contributed by atoms with E-state index in [2.05, 4.69) is 36.3 Å². The average molecular weight is 471 g/mol. The van der Waals surface area contributed by atoms with E-state index in [0.29, 0.717) is 23.0 Å². The summed E-state index contributed by atoms with van der Waals surface area (Å²) in [6.45, 7) is 0.534. The summed E-state index contributed by atoms with van der Waals surface area (Å²) in [5.74, 6) is -0.183. The Balaban J connectivity index is 1.53. The van der Waals surface area contributed by atoms with Crippen molar-refractivity contribution in [3.63, 3.8) is 0 Å². The van der Waals surface area contributed by atoms with Gasteiger partial charge in [0.25, 0.3) is 11.5 Å². The predicted octanol–water partition coefficient (Wildman–Crippen LogP) is 3.25. The first-order valence-corrected chi connectivity index (χ1v) is 9.79. The minimum Gasteiger partial charge on any atom is -0.332 e. The quantitative estimate of drug-likeness (QED) is 0.446. The third-order valence-electron chi connectivity index (χ3n) is 4.38. The van der Waals surface area contributed by atoms with Crippen molar-refractivity contribution >= 4 is 50.9 Å². The van der Waals surface area contributed by atoms with Crippen LogP contribution in [0.2, 0.25) is 0 Å². The van der Waals surface area contributed by atoms with E-state index in [1.807, 2.05) is 24.3 Å². The molecule has 0 fully saturated rings. The molecule has 10 heteroatoms. The van der Waals surface area contributed by atoms with Crippen LogP contribution in [0.25, 0.3) is 10.9 Å². The summed E-state index contributed by atoms with van der Waals surface area (Å²) in [7, 11) is 1.59. The van der Waals surface area contributed by atoms with Gasteiger partial charge < -0.3 is 4.98 Å². The number of aromatic amines is 1. The van der Waals surface area contributed by atoms with Crippen LogP contribution in [-0.2, 0) is 13.6 Å². The lowest BCUT2D eigenvalue weighted by Crippen LogP contribution is -2.19. The third-order valence-corrected chi connectivity index (χ3v) is 5.29. The zero-order valence-electron chi connectivity index (χ0n) is 15.2. The van der Waals surface area contributed by atoms with Crippen LogP contribution in [0.1, 0.15) is 15.9 Å². The third kappa shape index (κ3) is 4.03. The number of carbonyl (C=O) groups excluding carboxylic acids is 1. The largest absolute Gasteiger partial charge is 0.332 e. The predicted molar refractivity (Wildman–Crippen MR) is 116 cm³/mol. The molecule has 0 aliphatic carbocycles. The number of hydrogen-bond acceptors (Lipinski definition) is 5. The molecule has 2 N–H and O–H groups in total. The fourth-order valence-corrected chi connectivity index (χ4v) is 3.28. The summed E-state index contributed by atoms with van der Waals surface area (Å²) >= 11 is 8.53. The number of rotatable bonds is 4. The topological polar surface area (TPSA) is 97.6 Å². The van der Waals surface area contributed by atoms with Gasteiger partial charge in [-0.15, -0.1) is 5.10 Å². The number of aromatic nitrogens is 5. The van der Waals surface area contributed by atoms with Gasteiger partial charge in [-0.2, -0.15) is 0 Å². The van der Waals surface area contributed by atoms with E-state index in [4.69, 9.17) is 12.2 Å². The van der Waals surface area contributed by atoms with Crippen molar-refractivity contribution in [3.05, 3.63) is 79.5 Å². The van der Waals surface area contributed by atoms with Crippen molar-refractivity contribution in [2.75, 3.05) is 5.32 Å². The van der Waals surface area contributed by atoms with Crippen LogP contribution in [0.3, 0.4) is 0 Å². The smallest absolute Gasteiger partial charge is 0.261 e. The zero-order valence-corrected chi connectivity index (χ0v) is 17.6. The molecule has 0 saturated heterocycles. The van der Waals surface area contributed by atoms with Gasteiger partial charge in [-0.05, 0) is 48.1 Å². The average Bonchev–Trinajstić information content (AvgIpc) is 3.14. The van der Waals surface area contributed by atoms with Crippen molar-refractivity contribution in [1.82, 2.24) is 24.3 Å². The van der Waals surface area contributed by atoms with Gasteiger partial charge in [0.05, 0.1) is 17.4 Å². The molecular weight excluding hydrogens is 456 g/mol. The van der Waals surface area contributed by atoms with Crippen molar-refractivity contribution in [2.24, 2.45) is 7.05 Å². The van der Waals surface area contributed by atoms with Gasteiger partial charge in [-0.25, -0.2) is 9.67 Å². The molecule has 0 aliphatic heterocycles. The molecule has 0 radical (unpaired) electrons. The molecule has 146 valence electrons. The van der Waals surface area contributed by atoms with Crippen molar-refractivity contribution in [1.29, 1.82) is 0 Å². The summed E-state index contributed by atoms with van der Waals surface area (Å²) in [5.41, 5.74) is 1.70. The van der Waals surface area contributed by atoms with Crippen LogP contribution < -0.4 is 10.9 Å². The lowest BCUT2D eigenvalue weighted by molar-refractivity contribution is 0.102. The summed E-state index contributed by atoms with van der Waals surface area (Å²) < 4.78 is 4.27. The normalized spacial score (nSPS) is 11.0. The first-order chi connectivity index (χ1) is 13.9. The SMILES string of the molecule is Cn1c(=S)[nH]c2cc(C(=O)Nc3ncn(Cc4ccc(Br)cc4)n3)ccc2c1=O. The molecule has 0 unspecified atom stereocenters. The van der Waals surface area contributed by atoms with Gasteiger partial charge in [0.2, 0.25) is 5.95 Å². The number of carbonyl (C=O) groups is 1. The number of fused-ring (bicyclic) bond motifs is 1. The molecule has 29 heavy (non-hydrogen) atoms. The monoisotopic (exact) mass is 470 g/mol. The van der Waals surface area contributed by atoms with Gasteiger partial charge in [-0.3, -0.25) is 19.5 Å². The van der Waals surface area contributed by atoms with Crippen LogP contribution in [0.4, 0.5) is 5.95 Å². The highest BCUT2D eigenvalue weighted by molar-refractivity contribution is 9.10. The maximum absolute atomic E-state index is 12.6. The molecule has 0 aliphatic rings. The Morgan fingerprint density at radius 3 is 2.76 bits per heavy atom. The second kappa shape index (κ2) is 7.72. The molecule has 2 aromatic carbocycles. The van der Waals surface area contributed by atoms with Crippen molar-refractivity contribution in [3.8, 4) is 0 Å². The highest BCUT2D eigenvalue weighted by Gasteiger charge is 2.12. The lowest BCUT2D eigenvalue weighted by atomic mass is 10.1. The molecule has 2 heterocycles. The molecular formula is C19H15BrN6O2S. The first-order valence-electron chi connectivity index (χ1n) is 8.59. The number of H-pyrrole nitrogens is 1. The second-order valence-electron chi connectivity index (χ2n) is 6.40. The Morgan fingerprint density at radius 2 is 2.00 bits per heavy atom. The summed E-state index contributed by atoms with van der Waals surface area (Å²) in [6.07, 6.45) is 1.55. The standard InChI is InChI=1S/C19H15BrN6O2S/c1-25-17(28)14-7-4-12(8-15(14)22-19(25)29)16(27)23-18-21-10-26(24-18)9-11-2-5-13(20)6-3-11/h2-8,10H,9H2,1H3,(H,22,29)(H,23,24,27). The Labute approximate surface area is 178 Å². The van der Waals surface area contributed by atoms with Crippen molar-refractivity contribution in [2.45, 2.75) is 6.54 Å². The first kappa shape index (κ1) is 19.2. The molecule has 4 aromatic rings. The molecule has 0 bridgehead atoms. The van der Waals surface area contributed by atoms with Crippen LogP contribution in [0.15, 0.2) is 58.1 Å². The number of hydrogen-bond donors (Lipinski definition) is 2. The van der Waals surface area contributed by atoms with Gasteiger partial charge in [0.1, 0.15) is 6.33 Å². The fourth-order valence-electron chi connectivity index (χ4n) is 2.83. The minimum absolute atomic E-state index is 0.198. The Morgan fingerprint density at radius 1 is 1.24 bits per heavy atom. The van der Waals surface area contributed by atoms with Gasteiger partial charge in [-0.1, -0.05) is 28.1 Å². The van der Waals surface area contributed by atoms with Crippen molar-refractivity contribution < 1.29 is 4.79 Å². The maximum atomic E-state index is 12.6. The molecule has 0 spiro atoms. The molecule has 0 atom stereocenters. The van der Waals surface area contributed by atoms with Gasteiger partial charge in [0, 0.05) is 17.1 Å². The summed E-state index contributed by atoms with van der Waals surface area (Å²) in [6, 6.07) is 12.6. The van der Waals surface area contributed by atoms with Gasteiger partial charge >= 0.3 is 0 Å². The van der Waals surface area contributed by atoms with E-state index in [9.17, 15) is 9.59 Å². The summed E-state index contributed by atoms with van der Waals surface area (Å²) in [5, 5.41) is 7.40. The van der Waals surface area contributed by atoms with E-state index in [1.165, 1.54) is 4.57 Å². The molecule has 1 amide bonds. The number of anilines is 1. The van der Waals surface area contributed by atoms with Crippen LogP contribution in [0, 0.1) is 4.77 Å². The van der Waals surface area contributed by atoms with E-state index in [-0.39, 0.29) is 22.2 Å². The number of amides is 1. The zero-order chi connectivity index (χ0) is 20.5. The maximum Gasteiger partial charge on any atom is 0.261 e. The Hall–Kier alpha value is -3.11. The van der Waals surface area contributed by atoms with Crippen LogP contribution in [-0.4, -0.2) is 30.2 Å². The van der Waals surface area contributed by atoms with Gasteiger partial charge in [0.15, 0.2) is 4.77 Å². The van der Waals surface area contributed by atoms with E-state index < -0.39 is 0 Å². The number of halogens is 1. The Kier molecular flexibility index (Phi) is 5.12. The number of benzene rings is 2. The molecule has 4 rings (SSSR count). The summed E-state index contributed by atoms with van der Waals surface area (Å²) in [4.78, 5) is 31.9. The van der Waals surface area contributed by atoms with E-state index in [0.717, 1.165) is 10.0 Å². The van der Waals surface area contributed by atoms with E-state index in [1.54, 1.807) is 36.3 Å². The number of nitrogens with one attached hydrogen (secondary N) is 2. The minimum atomic E-state index is -0.381. The number of nitrogens with zero attached hydrogens (tertiary/aromatic N) is 4. The van der Waals surface area contributed by atoms with E-state index >= 15 is 0 Å². The highest BCUT2D eigenvalue weighted by atomic mass is 79.9. The molecule has 2 aromatic heterocycles. The second-order valence-corrected chi connectivity index (χ2v) is 7.70. The fraction of sp³-hybridized carbons (Fsp3) is 0.105. The Bertz CT molecular complexity index is 1340. The molecule has 0 saturated carbocycles. The van der Waals surface area contributed by atoms with Crippen LogP contribution >= 0.6 is 28.1 Å². The lowest BCUT2D eigenvalue weighted by Gasteiger charge is -2.05. The highest BCUT2D eigenvalue weighted by Crippen LogP contribution is 2.13. The van der Waals surface area contributed by atoms with Crippen LogP contribution in [0.5, 0.6) is 0 Å². The molecule has 8 nitrogen and oxygen atoms in total.